The minimum absolute atomic E-state index is 0.00124. The predicted octanol–water partition coefficient (Wildman–Crippen LogP) is 2.72. The van der Waals surface area contributed by atoms with Crippen LogP contribution in [0.4, 0.5) is 0 Å². The average molecular weight is 377 g/mol. The highest BCUT2D eigenvalue weighted by Crippen LogP contribution is 2.18. The van der Waals surface area contributed by atoms with E-state index in [0.29, 0.717) is 5.69 Å². The van der Waals surface area contributed by atoms with Crippen LogP contribution in [-0.2, 0) is 13.6 Å². The molecular weight excluding hydrogens is 348 g/mol. The Morgan fingerprint density at radius 3 is 2.54 bits per heavy atom. The van der Waals surface area contributed by atoms with Crippen LogP contribution < -0.4 is 5.32 Å². The summed E-state index contributed by atoms with van der Waals surface area (Å²) in [7, 11) is 4.08. The number of benzene rings is 2. The fourth-order valence-corrected chi connectivity index (χ4v) is 4.08. The van der Waals surface area contributed by atoms with Gasteiger partial charge in [-0.1, -0.05) is 48.5 Å². The minimum atomic E-state index is -0.00124. The zero-order valence-electron chi connectivity index (χ0n) is 16.6. The maximum absolute atomic E-state index is 13.0. The highest BCUT2D eigenvalue weighted by Gasteiger charge is 2.24. The highest BCUT2D eigenvalue weighted by molar-refractivity contribution is 5.98. The fourth-order valence-electron chi connectivity index (χ4n) is 4.08. The van der Waals surface area contributed by atoms with E-state index in [0.717, 1.165) is 43.6 Å². The van der Waals surface area contributed by atoms with E-state index in [-0.39, 0.29) is 11.9 Å². The van der Waals surface area contributed by atoms with Crippen LogP contribution >= 0.6 is 0 Å². The molecule has 28 heavy (non-hydrogen) atoms. The molecule has 1 aromatic heterocycles. The lowest BCUT2D eigenvalue weighted by Gasteiger charge is -2.25. The highest BCUT2D eigenvalue weighted by atomic mass is 16.2. The Morgan fingerprint density at radius 1 is 1.00 bits per heavy atom. The molecule has 1 atom stereocenters. The molecule has 1 aliphatic heterocycles. The molecular formula is C23H28N4O. The number of hydrogen-bond acceptors (Lipinski definition) is 3. The van der Waals surface area contributed by atoms with Crippen LogP contribution in [0.1, 0.15) is 16.1 Å². The van der Waals surface area contributed by atoms with E-state index in [4.69, 9.17) is 0 Å². The molecule has 5 heteroatoms. The summed E-state index contributed by atoms with van der Waals surface area (Å²) in [5, 5.41) is 4.38. The van der Waals surface area contributed by atoms with Crippen molar-refractivity contribution in [3.05, 3.63) is 71.9 Å². The summed E-state index contributed by atoms with van der Waals surface area (Å²) in [6, 6.07) is 20.7. The van der Waals surface area contributed by atoms with Crippen LogP contribution in [0.25, 0.3) is 10.9 Å². The number of nitrogens with one attached hydrogen (secondary N) is 1. The van der Waals surface area contributed by atoms with E-state index >= 15 is 0 Å². The number of fused-ring (bicyclic) bond motifs is 1. The monoisotopic (exact) mass is 376 g/mol. The maximum atomic E-state index is 13.0. The van der Waals surface area contributed by atoms with Gasteiger partial charge in [-0.3, -0.25) is 9.69 Å². The van der Waals surface area contributed by atoms with Crippen molar-refractivity contribution in [2.75, 3.05) is 33.2 Å². The Kier molecular flexibility index (Phi) is 5.46. The lowest BCUT2D eigenvalue weighted by Crippen LogP contribution is -2.46. The molecule has 1 unspecified atom stereocenters. The van der Waals surface area contributed by atoms with Gasteiger partial charge < -0.3 is 14.8 Å². The molecule has 0 saturated carbocycles. The Labute approximate surface area is 166 Å². The van der Waals surface area contributed by atoms with Gasteiger partial charge in [-0.25, -0.2) is 0 Å². The number of para-hydroxylation sites is 1. The zero-order valence-corrected chi connectivity index (χ0v) is 16.6. The molecule has 4 rings (SSSR count). The molecule has 146 valence electrons. The third kappa shape index (κ3) is 4.11. The van der Waals surface area contributed by atoms with Gasteiger partial charge in [0.05, 0.1) is 6.04 Å². The smallest absolute Gasteiger partial charge is 0.268 e. The van der Waals surface area contributed by atoms with Gasteiger partial charge in [-0.05, 0) is 24.7 Å². The molecule has 1 aliphatic rings. The molecule has 0 spiro atoms. The summed E-state index contributed by atoms with van der Waals surface area (Å²) in [5.74, 6) is -0.00124. The minimum Gasteiger partial charge on any atom is -0.345 e. The predicted molar refractivity (Wildman–Crippen MR) is 113 cm³/mol. The summed E-state index contributed by atoms with van der Waals surface area (Å²) in [6.45, 7) is 4.64. The van der Waals surface area contributed by atoms with Gasteiger partial charge in [0.1, 0.15) is 5.69 Å². The topological polar surface area (TPSA) is 40.5 Å². The number of rotatable bonds is 4. The first kappa shape index (κ1) is 18.7. The third-order valence-electron chi connectivity index (χ3n) is 5.58. The lowest BCUT2D eigenvalue weighted by molar-refractivity contribution is 0.0916. The molecule has 1 amide bonds. The van der Waals surface area contributed by atoms with Crippen molar-refractivity contribution in [1.29, 1.82) is 0 Å². The number of carbonyl (C=O) groups is 1. The number of aromatic nitrogens is 1. The average Bonchev–Trinajstić information content (AvgIpc) is 2.93. The van der Waals surface area contributed by atoms with E-state index in [1.54, 1.807) is 0 Å². The molecule has 1 fully saturated rings. The number of amides is 1. The first-order valence-electron chi connectivity index (χ1n) is 9.90. The largest absolute Gasteiger partial charge is 0.345 e. The second kappa shape index (κ2) is 8.17. The van der Waals surface area contributed by atoms with Crippen molar-refractivity contribution in [3.8, 4) is 0 Å². The van der Waals surface area contributed by atoms with Crippen molar-refractivity contribution in [3.63, 3.8) is 0 Å². The molecule has 0 radical (unpaired) electrons. The van der Waals surface area contributed by atoms with Gasteiger partial charge >= 0.3 is 0 Å². The molecule has 0 aliphatic carbocycles. The molecule has 3 aromatic rings. The van der Waals surface area contributed by atoms with Gasteiger partial charge in [0.25, 0.3) is 5.91 Å². The van der Waals surface area contributed by atoms with Gasteiger partial charge in [-0.2, -0.15) is 0 Å². The van der Waals surface area contributed by atoms with Gasteiger partial charge in [0.15, 0.2) is 0 Å². The van der Waals surface area contributed by atoms with Crippen LogP contribution in [0.5, 0.6) is 0 Å². The second-order valence-electron chi connectivity index (χ2n) is 7.80. The van der Waals surface area contributed by atoms with Gasteiger partial charge in [0, 0.05) is 50.7 Å². The van der Waals surface area contributed by atoms with Crippen LogP contribution in [0, 0.1) is 0 Å². The van der Waals surface area contributed by atoms with E-state index in [2.05, 4.69) is 46.4 Å². The normalized spacial score (nSPS) is 18.9. The first-order chi connectivity index (χ1) is 13.6. The number of likely N-dealkylation sites (N-methyl/N-ethyl adjacent to an activating group) is 1. The molecule has 2 aromatic carbocycles. The SMILES string of the molecule is CN1CCN(Cc2ccccc2)CC(NC(=O)c2cc3ccccc3n2C)C1. The molecule has 1 saturated heterocycles. The summed E-state index contributed by atoms with van der Waals surface area (Å²) >= 11 is 0. The van der Waals surface area contributed by atoms with Crippen molar-refractivity contribution in [2.45, 2.75) is 12.6 Å². The maximum Gasteiger partial charge on any atom is 0.268 e. The Morgan fingerprint density at radius 2 is 1.75 bits per heavy atom. The van der Waals surface area contributed by atoms with E-state index in [1.165, 1.54) is 5.56 Å². The summed E-state index contributed by atoms with van der Waals surface area (Å²) in [4.78, 5) is 17.8. The lowest BCUT2D eigenvalue weighted by atomic mass is 10.2. The standard InChI is InChI=1S/C23H28N4O/c1-25-12-13-27(15-18-8-4-3-5-9-18)17-20(16-25)24-23(28)22-14-19-10-6-7-11-21(19)26(22)2/h3-11,14,20H,12-13,15-17H2,1-2H3,(H,24,28). The summed E-state index contributed by atoms with van der Waals surface area (Å²) in [5.41, 5.74) is 3.10. The van der Waals surface area contributed by atoms with Crippen LogP contribution in [0.15, 0.2) is 60.7 Å². The molecule has 0 bridgehead atoms. The van der Waals surface area contributed by atoms with Crippen molar-refractivity contribution < 1.29 is 4.79 Å². The Balaban J connectivity index is 1.48. The fraction of sp³-hybridized carbons (Fsp3) is 0.348. The quantitative estimate of drug-likeness (QED) is 0.761. The second-order valence-corrected chi connectivity index (χ2v) is 7.80. The summed E-state index contributed by atoms with van der Waals surface area (Å²) < 4.78 is 1.98. The number of aryl methyl sites for hydroxylation is 1. The van der Waals surface area contributed by atoms with Crippen LogP contribution in [0.3, 0.4) is 0 Å². The van der Waals surface area contributed by atoms with Crippen molar-refractivity contribution in [1.82, 2.24) is 19.7 Å². The van der Waals surface area contributed by atoms with E-state index in [9.17, 15) is 4.79 Å². The van der Waals surface area contributed by atoms with Crippen molar-refractivity contribution >= 4 is 16.8 Å². The van der Waals surface area contributed by atoms with Crippen LogP contribution in [0.2, 0.25) is 0 Å². The molecule has 5 nitrogen and oxygen atoms in total. The van der Waals surface area contributed by atoms with E-state index < -0.39 is 0 Å². The van der Waals surface area contributed by atoms with Crippen LogP contribution in [-0.4, -0.2) is 59.5 Å². The zero-order chi connectivity index (χ0) is 19.5. The molecule has 2 heterocycles. The van der Waals surface area contributed by atoms with E-state index in [1.807, 2.05) is 48.0 Å². The first-order valence-corrected chi connectivity index (χ1v) is 9.90. The number of nitrogens with zero attached hydrogens (tertiary/aromatic N) is 3. The molecule has 1 N–H and O–H groups in total. The van der Waals surface area contributed by atoms with Crippen molar-refractivity contribution in [2.24, 2.45) is 7.05 Å². The number of hydrogen-bond donors (Lipinski definition) is 1. The number of carbonyl (C=O) groups excluding carboxylic acids is 1. The van der Waals surface area contributed by atoms with Gasteiger partial charge in [0.2, 0.25) is 0 Å². The van der Waals surface area contributed by atoms with Gasteiger partial charge in [-0.15, -0.1) is 0 Å². The Bertz CT molecular complexity index is 950. The third-order valence-corrected chi connectivity index (χ3v) is 5.58. The summed E-state index contributed by atoms with van der Waals surface area (Å²) in [6.07, 6.45) is 0. The Hall–Kier alpha value is -2.63.